The number of rotatable bonds is 3. The van der Waals surface area contributed by atoms with Crippen molar-refractivity contribution < 1.29 is 28.6 Å². The number of amides is 3. The van der Waals surface area contributed by atoms with Crippen molar-refractivity contribution in [1.82, 2.24) is 10.2 Å². The zero-order chi connectivity index (χ0) is 18.1. The Morgan fingerprint density at radius 1 is 1.08 bits per heavy atom. The van der Waals surface area contributed by atoms with E-state index in [9.17, 15) is 14.4 Å². The summed E-state index contributed by atoms with van der Waals surface area (Å²) in [6.07, 6.45) is 0.636. The molecule has 4 heterocycles. The van der Waals surface area contributed by atoms with E-state index < -0.39 is 30.4 Å². The fourth-order valence-corrected chi connectivity index (χ4v) is 4.09. The molecule has 0 aromatic heterocycles. The number of imide groups is 1. The van der Waals surface area contributed by atoms with Crippen molar-refractivity contribution >= 4 is 23.4 Å². The number of nitrogens with one attached hydrogen (secondary N) is 1. The lowest BCUT2D eigenvalue weighted by Crippen LogP contribution is -2.69. The summed E-state index contributed by atoms with van der Waals surface area (Å²) in [7, 11) is 0. The predicted molar refractivity (Wildman–Crippen MR) is 85.6 cm³/mol. The Kier molecular flexibility index (Phi) is 3.18. The fraction of sp³-hybridized carbons (Fsp3) is 0.471. The second-order valence-corrected chi connectivity index (χ2v) is 7.03. The summed E-state index contributed by atoms with van der Waals surface area (Å²) < 4.78 is 17.1. The van der Waals surface area contributed by atoms with Gasteiger partial charge < -0.3 is 19.9 Å². The summed E-state index contributed by atoms with van der Waals surface area (Å²) in [6.45, 7) is -0.454. The number of hydrogen-bond acceptors (Lipinski definition) is 7. The lowest BCUT2D eigenvalue weighted by Gasteiger charge is -2.54. The molecular formula is C17H17N3O6. The van der Waals surface area contributed by atoms with Crippen LogP contribution in [0.1, 0.15) is 40.0 Å². The molecule has 3 amide bonds. The second kappa shape index (κ2) is 5.26. The second-order valence-electron chi connectivity index (χ2n) is 7.03. The van der Waals surface area contributed by atoms with Crippen LogP contribution in [0.5, 0.6) is 0 Å². The number of ether oxygens (including phenoxy) is 3. The molecule has 4 fully saturated rings. The first-order chi connectivity index (χ1) is 12.4. The molecule has 3 saturated heterocycles. The average Bonchev–Trinajstić information content (AvgIpc) is 2.77. The third-order valence-corrected chi connectivity index (χ3v) is 5.13. The van der Waals surface area contributed by atoms with Gasteiger partial charge in [0.1, 0.15) is 6.54 Å². The van der Waals surface area contributed by atoms with E-state index in [1.165, 1.54) is 12.1 Å². The highest BCUT2D eigenvalue weighted by molar-refractivity contribution is 6.22. The van der Waals surface area contributed by atoms with Gasteiger partial charge in [-0.25, -0.2) is 0 Å². The van der Waals surface area contributed by atoms with Crippen LogP contribution in [0.2, 0.25) is 0 Å². The zero-order valence-electron chi connectivity index (χ0n) is 13.8. The first-order valence-electron chi connectivity index (χ1n) is 8.53. The molecule has 1 saturated carbocycles. The van der Waals surface area contributed by atoms with Crippen molar-refractivity contribution in [3.05, 3.63) is 29.3 Å². The molecule has 1 aliphatic carbocycles. The van der Waals surface area contributed by atoms with E-state index >= 15 is 0 Å². The zero-order valence-corrected chi connectivity index (χ0v) is 13.8. The van der Waals surface area contributed by atoms with E-state index in [0.29, 0.717) is 5.69 Å². The van der Waals surface area contributed by atoms with Gasteiger partial charge in [-0.05, 0) is 18.2 Å². The van der Waals surface area contributed by atoms with Crippen molar-refractivity contribution in [2.75, 3.05) is 12.3 Å². The van der Waals surface area contributed by atoms with Crippen LogP contribution in [0.25, 0.3) is 0 Å². The number of benzene rings is 1. The van der Waals surface area contributed by atoms with Gasteiger partial charge in [0, 0.05) is 24.9 Å². The minimum Gasteiger partial charge on any atom is -0.399 e. The number of nitrogens with zero attached hydrogens (tertiary/aromatic N) is 1. The van der Waals surface area contributed by atoms with Gasteiger partial charge in [-0.1, -0.05) is 0 Å². The van der Waals surface area contributed by atoms with E-state index in [2.05, 4.69) is 5.32 Å². The van der Waals surface area contributed by atoms with Gasteiger partial charge in [0.15, 0.2) is 0 Å². The molecular weight excluding hydrogens is 342 g/mol. The molecule has 0 unspecified atom stereocenters. The maximum Gasteiger partial charge on any atom is 0.377 e. The molecule has 1 aromatic rings. The van der Waals surface area contributed by atoms with Crippen LogP contribution in [-0.2, 0) is 19.0 Å². The van der Waals surface area contributed by atoms with Gasteiger partial charge >= 0.3 is 6.10 Å². The van der Waals surface area contributed by atoms with E-state index in [-0.39, 0.29) is 29.4 Å². The molecule has 6 rings (SSSR count). The molecule has 9 heteroatoms. The normalized spacial score (nSPS) is 34.3. The van der Waals surface area contributed by atoms with Crippen LogP contribution < -0.4 is 11.1 Å². The number of fused-ring (bicyclic) bond motifs is 1. The smallest absolute Gasteiger partial charge is 0.377 e. The lowest BCUT2D eigenvalue weighted by molar-refractivity contribution is -0.501. The molecule has 3 N–H and O–H groups in total. The van der Waals surface area contributed by atoms with Crippen LogP contribution in [0.15, 0.2) is 18.2 Å². The Morgan fingerprint density at radius 3 is 2.27 bits per heavy atom. The van der Waals surface area contributed by atoms with Crippen LogP contribution in [0.4, 0.5) is 5.69 Å². The molecule has 5 aliphatic rings. The molecule has 26 heavy (non-hydrogen) atoms. The highest BCUT2D eigenvalue weighted by Crippen LogP contribution is 2.43. The Balaban J connectivity index is 1.31. The first-order valence-corrected chi connectivity index (χ1v) is 8.53. The molecule has 4 aliphatic heterocycles. The standard InChI is InChI=1S/C17H17N3O6/c18-8-1-2-12-13(3-8)16(23)20(15(12)22)7-14(21)19-17-24-9-4-10(25-17)6-11(5-9)26-17/h1-3,9-11H,4-7,18H2,(H,19,21). The average molecular weight is 359 g/mol. The molecule has 0 radical (unpaired) electrons. The van der Waals surface area contributed by atoms with Crippen molar-refractivity contribution in [2.45, 2.75) is 43.7 Å². The first kappa shape index (κ1) is 15.7. The van der Waals surface area contributed by atoms with Crippen LogP contribution in [-0.4, -0.2) is 53.6 Å². The summed E-state index contributed by atoms with van der Waals surface area (Å²) in [4.78, 5) is 38.2. The minimum atomic E-state index is -1.62. The topological polar surface area (TPSA) is 120 Å². The Morgan fingerprint density at radius 2 is 1.65 bits per heavy atom. The van der Waals surface area contributed by atoms with E-state index in [4.69, 9.17) is 19.9 Å². The summed E-state index contributed by atoms with van der Waals surface area (Å²) in [5.41, 5.74) is 6.47. The maximum atomic E-state index is 12.5. The monoisotopic (exact) mass is 359 g/mol. The lowest BCUT2D eigenvalue weighted by atomic mass is 9.90. The summed E-state index contributed by atoms with van der Waals surface area (Å²) in [5.74, 6) is -1.69. The third-order valence-electron chi connectivity index (χ3n) is 5.13. The Hall–Kier alpha value is -2.49. The number of nitrogen functional groups attached to an aromatic ring is 1. The molecule has 0 atom stereocenters. The third kappa shape index (κ3) is 2.32. The van der Waals surface area contributed by atoms with E-state index in [1.807, 2.05) is 0 Å². The maximum absolute atomic E-state index is 12.5. The highest BCUT2D eigenvalue weighted by atomic mass is 16.9. The van der Waals surface area contributed by atoms with Crippen molar-refractivity contribution in [3.63, 3.8) is 0 Å². The van der Waals surface area contributed by atoms with Gasteiger partial charge in [-0.3, -0.25) is 24.6 Å². The quantitative estimate of drug-likeness (QED) is 0.574. The number of carbonyl (C=O) groups excluding carboxylic acids is 3. The highest BCUT2D eigenvalue weighted by Gasteiger charge is 2.56. The minimum absolute atomic E-state index is 0.0242. The number of anilines is 1. The van der Waals surface area contributed by atoms with Gasteiger partial charge in [-0.15, -0.1) is 0 Å². The number of hydrogen-bond donors (Lipinski definition) is 2. The summed E-state index contributed by atoms with van der Waals surface area (Å²) in [6, 6.07) is 4.46. The van der Waals surface area contributed by atoms with E-state index in [0.717, 1.165) is 24.2 Å². The largest absolute Gasteiger partial charge is 0.399 e. The molecule has 0 spiro atoms. The molecule has 9 nitrogen and oxygen atoms in total. The molecule has 136 valence electrons. The SMILES string of the molecule is Nc1ccc2c(c1)C(=O)N(CC(=O)NC13OC4CC(CC(C4)O1)O3)C2=O. The van der Waals surface area contributed by atoms with Crippen molar-refractivity contribution in [2.24, 2.45) is 0 Å². The van der Waals surface area contributed by atoms with Gasteiger partial charge in [0.2, 0.25) is 5.91 Å². The summed E-state index contributed by atoms with van der Waals surface area (Å²) >= 11 is 0. The Labute approximate surface area is 148 Å². The van der Waals surface area contributed by atoms with Crippen LogP contribution in [0, 0.1) is 0 Å². The van der Waals surface area contributed by atoms with Gasteiger partial charge in [-0.2, -0.15) is 0 Å². The van der Waals surface area contributed by atoms with Crippen LogP contribution in [0.3, 0.4) is 0 Å². The van der Waals surface area contributed by atoms with Gasteiger partial charge in [0.05, 0.1) is 29.4 Å². The van der Waals surface area contributed by atoms with Crippen molar-refractivity contribution in [3.8, 4) is 0 Å². The van der Waals surface area contributed by atoms with Crippen LogP contribution >= 0.6 is 0 Å². The number of nitrogens with two attached hydrogens (primary N) is 1. The fourth-order valence-electron chi connectivity index (χ4n) is 4.09. The number of carbonyl (C=O) groups is 3. The molecule has 4 bridgehead atoms. The van der Waals surface area contributed by atoms with Gasteiger partial charge in [0.25, 0.3) is 11.8 Å². The molecule has 1 aromatic carbocycles. The predicted octanol–water partition coefficient (Wildman–Crippen LogP) is -0.0410. The van der Waals surface area contributed by atoms with E-state index in [1.54, 1.807) is 6.07 Å². The summed E-state index contributed by atoms with van der Waals surface area (Å²) in [5, 5.41) is 2.55. The van der Waals surface area contributed by atoms with Crippen molar-refractivity contribution in [1.29, 1.82) is 0 Å². The Bertz CT molecular complexity index is 803.